The van der Waals surface area contributed by atoms with Crippen molar-refractivity contribution in [3.05, 3.63) is 24.1 Å². The molecule has 1 aliphatic carbocycles. The van der Waals surface area contributed by atoms with Gasteiger partial charge in [0.1, 0.15) is 0 Å². The maximum Gasteiger partial charge on any atom is 0.315 e. The summed E-state index contributed by atoms with van der Waals surface area (Å²) >= 11 is 0. The van der Waals surface area contributed by atoms with Crippen LogP contribution in [0.1, 0.15) is 32.1 Å². The summed E-state index contributed by atoms with van der Waals surface area (Å²) in [5, 5.41) is 15.4. The Balaban J connectivity index is 1.50. The quantitative estimate of drug-likeness (QED) is 0.781. The normalized spacial score (nSPS) is 27.1. The van der Waals surface area contributed by atoms with E-state index in [9.17, 15) is 14.3 Å². The highest BCUT2D eigenvalue weighted by molar-refractivity contribution is 5.74. The van der Waals surface area contributed by atoms with Gasteiger partial charge < -0.3 is 20.6 Å². The number of urea groups is 1. The second-order valence-electron chi connectivity index (χ2n) is 6.69. The minimum atomic E-state index is -0.337. The lowest BCUT2D eigenvalue weighted by Gasteiger charge is -2.31. The smallest absolute Gasteiger partial charge is 0.315 e. The first-order valence-corrected chi connectivity index (χ1v) is 8.70. The number of nitrogens with zero attached hydrogens (tertiary/aromatic N) is 2. The van der Waals surface area contributed by atoms with Crippen LogP contribution in [-0.4, -0.2) is 47.9 Å². The van der Waals surface area contributed by atoms with Crippen LogP contribution in [0, 0.1) is 11.7 Å². The molecule has 2 amide bonds. The molecule has 1 saturated heterocycles. The number of rotatable bonds is 4. The van der Waals surface area contributed by atoms with Gasteiger partial charge in [-0.05, 0) is 31.4 Å². The minimum absolute atomic E-state index is 0.0254. The van der Waals surface area contributed by atoms with Crippen molar-refractivity contribution in [1.82, 2.24) is 15.6 Å². The van der Waals surface area contributed by atoms with E-state index < -0.39 is 0 Å². The molecule has 1 aliphatic heterocycles. The van der Waals surface area contributed by atoms with Gasteiger partial charge in [0.2, 0.25) is 0 Å². The van der Waals surface area contributed by atoms with Crippen LogP contribution in [-0.2, 0) is 0 Å². The summed E-state index contributed by atoms with van der Waals surface area (Å²) in [6.07, 6.45) is 6.39. The SMILES string of the molecule is O=C(NC1CCN(c2ncccc2F)C1)NC1CCCCC1CO. The van der Waals surface area contributed by atoms with Crippen LogP contribution in [0.2, 0.25) is 0 Å². The lowest BCUT2D eigenvalue weighted by atomic mass is 9.85. The molecular weight excluding hydrogens is 311 g/mol. The van der Waals surface area contributed by atoms with Crippen molar-refractivity contribution >= 4 is 11.8 Å². The lowest BCUT2D eigenvalue weighted by Crippen LogP contribution is -2.50. The number of hydrogen-bond acceptors (Lipinski definition) is 4. The van der Waals surface area contributed by atoms with Crippen molar-refractivity contribution in [3.8, 4) is 0 Å². The van der Waals surface area contributed by atoms with Gasteiger partial charge in [-0.2, -0.15) is 0 Å². The highest BCUT2D eigenvalue weighted by Crippen LogP contribution is 2.24. The van der Waals surface area contributed by atoms with E-state index in [2.05, 4.69) is 15.6 Å². The number of anilines is 1. The Bertz CT molecular complexity index is 571. The van der Waals surface area contributed by atoms with Crippen molar-refractivity contribution < 1.29 is 14.3 Å². The number of hydrogen-bond donors (Lipinski definition) is 3. The van der Waals surface area contributed by atoms with Crippen LogP contribution >= 0.6 is 0 Å². The molecule has 0 radical (unpaired) electrons. The van der Waals surface area contributed by atoms with Crippen LogP contribution in [0.3, 0.4) is 0 Å². The van der Waals surface area contributed by atoms with Crippen molar-refractivity contribution in [2.75, 3.05) is 24.6 Å². The fourth-order valence-corrected chi connectivity index (χ4v) is 3.69. The van der Waals surface area contributed by atoms with Crippen LogP contribution in [0.25, 0.3) is 0 Å². The third-order valence-corrected chi connectivity index (χ3v) is 5.02. The van der Waals surface area contributed by atoms with Crippen LogP contribution < -0.4 is 15.5 Å². The zero-order valence-corrected chi connectivity index (χ0v) is 13.7. The van der Waals surface area contributed by atoms with Crippen molar-refractivity contribution in [1.29, 1.82) is 0 Å². The molecule has 3 unspecified atom stereocenters. The van der Waals surface area contributed by atoms with Gasteiger partial charge in [-0.25, -0.2) is 14.2 Å². The second kappa shape index (κ2) is 7.79. The number of halogens is 1. The number of aliphatic hydroxyl groups is 1. The molecule has 6 nitrogen and oxygen atoms in total. The highest BCUT2D eigenvalue weighted by Gasteiger charge is 2.29. The molecule has 24 heavy (non-hydrogen) atoms. The summed E-state index contributed by atoms with van der Waals surface area (Å²) < 4.78 is 13.8. The summed E-state index contributed by atoms with van der Waals surface area (Å²) in [5.74, 6) is 0.151. The molecule has 0 bridgehead atoms. The summed E-state index contributed by atoms with van der Waals surface area (Å²) in [7, 11) is 0. The third kappa shape index (κ3) is 3.95. The lowest BCUT2D eigenvalue weighted by molar-refractivity contribution is 0.153. The zero-order valence-electron chi connectivity index (χ0n) is 13.7. The topological polar surface area (TPSA) is 77.5 Å². The second-order valence-corrected chi connectivity index (χ2v) is 6.69. The molecule has 0 aromatic carbocycles. The van der Waals surface area contributed by atoms with E-state index in [1.165, 1.54) is 6.07 Å². The van der Waals surface area contributed by atoms with Crippen molar-refractivity contribution in [2.24, 2.45) is 5.92 Å². The predicted octanol–water partition coefficient (Wildman–Crippen LogP) is 1.65. The highest BCUT2D eigenvalue weighted by atomic mass is 19.1. The Kier molecular flexibility index (Phi) is 5.50. The molecule has 3 N–H and O–H groups in total. The van der Waals surface area contributed by atoms with Gasteiger partial charge in [0.15, 0.2) is 11.6 Å². The number of carbonyl (C=O) groups is 1. The van der Waals surface area contributed by atoms with Crippen molar-refractivity contribution in [3.63, 3.8) is 0 Å². The average Bonchev–Trinajstić information content (AvgIpc) is 3.04. The summed E-state index contributed by atoms with van der Waals surface area (Å²) in [5.41, 5.74) is 0. The molecule has 2 aliphatic rings. The van der Waals surface area contributed by atoms with Crippen LogP contribution in [0.15, 0.2) is 18.3 Å². The van der Waals surface area contributed by atoms with E-state index >= 15 is 0 Å². The maximum atomic E-state index is 13.8. The number of carbonyl (C=O) groups excluding carboxylic acids is 1. The number of aliphatic hydroxyl groups excluding tert-OH is 1. The van der Waals surface area contributed by atoms with Gasteiger partial charge in [-0.1, -0.05) is 12.8 Å². The van der Waals surface area contributed by atoms with Crippen molar-refractivity contribution in [2.45, 2.75) is 44.2 Å². The van der Waals surface area contributed by atoms with Gasteiger partial charge >= 0.3 is 6.03 Å². The monoisotopic (exact) mass is 336 g/mol. The first kappa shape index (κ1) is 17.0. The largest absolute Gasteiger partial charge is 0.396 e. The maximum absolute atomic E-state index is 13.8. The predicted molar refractivity (Wildman–Crippen MR) is 89.3 cm³/mol. The average molecular weight is 336 g/mol. The van der Waals surface area contributed by atoms with Crippen LogP contribution in [0.4, 0.5) is 15.0 Å². The third-order valence-electron chi connectivity index (χ3n) is 5.02. The van der Waals surface area contributed by atoms with Gasteiger partial charge in [0, 0.05) is 43.9 Å². The first-order chi connectivity index (χ1) is 11.7. The Labute approximate surface area is 141 Å². The summed E-state index contributed by atoms with van der Waals surface area (Å²) in [6.45, 7) is 1.33. The molecule has 3 atom stereocenters. The fraction of sp³-hybridized carbons (Fsp3) is 0.647. The zero-order chi connectivity index (χ0) is 16.9. The molecule has 2 fully saturated rings. The van der Waals surface area contributed by atoms with Gasteiger partial charge in [0.05, 0.1) is 0 Å². The molecule has 1 saturated carbocycles. The molecule has 7 heteroatoms. The minimum Gasteiger partial charge on any atom is -0.396 e. The molecule has 132 valence electrons. The van der Waals surface area contributed by atoms with E-state index in [-0.39, 0.29) is 36.5 Å². The number of amides is 2. The molecule has 2 heterocycles. The molecule has 3 rings (SSSR count). The van der Waals surface area contributed by atoms with Crippen LogP contribution in [0.5, 0.6) is 0 Å². The first-order valence-electron chi connectivity index (χ1n) is 8.70. The molecule has 0 spiro atoms. The van der Waals surface area contributed by atoms with Gasteiger partial charge in [-0.15, -0.1) is 0 Å². The van der Waals surface area contributed by atoms with E-state index in [0.29, 0.717) is 18.9 Å². The Hall–Kier alpha value is -1.89. The number of nitrogens with one attached hydrogen (secondary N) is 2. The number of pyridine rings is 1. The van der Waals surface area contributed by atoms with Gasteiger partial charge in [0.25, 0.3) is 0 Å². The van der Waals surface area contributed by atoms with E-state index in [1.54, 1.807) is 12.3 Å². The molecule has 1 aromatic rings. The Morgan fingerprint density at radius 1 is 1.33 bits per heavy atom. The van der Waals surface area contributed by atoms with E-state index in [4.69, 9.17) is 0 Å². The summed E-state index contributed by atoms with van der Waals surface area (Å²) in [4.78, 5) is 18.2. The Morgan fingerprint density at radius 2 is 2.17 bits per heavy atom. The summed E-state index contributed by atoms with van der Waals surface area (Å²) in [6, 6.07) is 2.78. The standard InChI is InChI=1S/C17H25FN4O2/c18-14-5-3-8-19-16(14)22-9-7-13(10-22)20-17(24)21-15-6-2-1-4-12(15)11-23/h3,5,8,12-13,15,23H,1-2,4,6-7,9-11H2,(H2,20,21,24). The van der Waals surface area contributed by atoms with E-state index in [1.807, 2.05) is 4.90 Å². The molecular formula is C17H25FN4O2. The van der Waals surface area contributed by atoms with Gasteiger partial charge in [-0.3, -0.25) is 0 Å². The molecule has 1 aromatic heterocycles. The Morgan fingerprint density at radius 3 is 2.96 bits per heavy atom. The van der Waals surface area contributed by atoms with E-state index in [0.717, 1.165) is 32.1 Å². The number of aromatic nitrogens is 1. The fourth-order valence-electron chi connectivity index (χ4n) is 3.69.